The van der Waals surface area contributed by atoms with E-state index in [1.54, 1.807) is 18.0 Å². The van der Waals surface area contributed by atoms with Gasteiger partial charge in [0.15, 0.2) is 0 Å². The van der Waals surface area contributed by atoms with Crippen molar-refractivity contribution in [2.24, 2.45) is 5.92 Å². The average Bonchev–Trinajstić information content (AvgIpc) is 2.81. The summed E-state index contributed by atoms with van der Waals surface area (Å²) in [6.45, 7) is 5.44. The van der Waals surface area contributed by atoms with Gasteiger partial charge in [0.1, 0.15) is 0 Å². The van der Waals surface area contributed by atoms with Gasteiger partial charge in [0, 0.05) is 31.1 Å². The molecule has 2 amide bonds. The monoisotopic (exact) mass is 373 g/mol. The van der Waals surface area contributed by atoms with Crippen LogP contribution >= 0.6 is 24.0 Å². The van der Waals surface area contributed by atoms with Crippen LogP contribution < -0.4 is 10.6 Å². The van der Waals surface area contributed by atoms with Crippen molar-refractivity contribution < 1.29 is 9.59 Å². The number of amides is 2. The summed E-state index contributed by atoms with van der Waals surface area (Å²) in [4.78, 5) is 26.3. The molecule has 0 aromatic heterocycles. The van der Waals surface area contributed by atoms with Crippen LogP contribution in [-0.4, -0.2) is 42.9 Å². The van der Waals surface area contributed by atoms with Crippen molar-refractivity contribution in [1.82, 2.24) is 15.5 Å². The highest BCUT2D eigenvalue weighted by Gasteiger charge is 2.42. The summed E-state index contributed by atoms with van der Waals surface area (Å²) in [5, 5.41) is 6.81. The highest BCUT2D eigenvalue weighted by molar-refractivity contribution is 6.30. The quantitative estimate of drug-likeness (QED) is 0.804. The van der Waals surface area contributed by atoms with E-state index in [4.69, 9.17) is 11.6 Å². The minimum absolute atomic E-state index is 0. The van der Waals surface area contributed by atoms with Crippen molar-refractivity contribution in [2.45, 2.75) is 32.4 Å². The van der Waals surface area contributed by atoms with E-state index in [0.717, 1.165) is 12.1 Å². The Morgan fingerprint density at radius 3 is 2.79 bits per heavy atom. The van der Waals surface area contributed by atoms with Gasteiger partial charge in [-0.15, -0.1) is 12.4 Å². The summed E-state index contributed by atoms with van der Waals surface area (Å²) in [5.74, 6) is -0.493. The zero-order chi connectivity index (χ0) is 17.0. The molecule has 1 heterocycles. The third kappa shape index (κ3) is 4.85. The molecule has 24 heavy (non-hydrogen) atoms. The minimum Gasteiger partial charge on any atom is -0.354 e. The maximum Gasteiger partial charge on any atom is 0.226 e. The number of hydrogen-bond acceptors (Lipinski definition) is 3. The fraction of sp³-hybridized carbons (Fsp3) is 0.529. The third-order valence-electron chi connectivity index (χ3n) is 4.25. The van der Waals surface area contributed by atoms with Crippen molar-refractivity contribution >= 4 is 35.8 Å². The number of carbonyl (C=O) groups excluding carboxylic acids is 2. The molecule has 0 radical (unpaired) electrons. The molecule has 1 aromatic carbocycles. The predicted octanol–water partition coefficient (Wildman–Crippen LogP) is 2.40. The molecule has 1 aliphatic rings. The first-order valence-electron chi connectivity index (χ1n) is 7.96. The number of halogens is 2. The van der Waals surface area contributed by atoms with Crippen LogP contribution in [0.1, 0.15) is 31.9 Å². The van der Waals surface area contributed by atoms with Gasteiger partial charge in [0.25, 0.3) is 0 Å². The van der Waals surface area contributed by atoms with Crippen molar-refractivity contribution in [3.8, 4) is 0 Å². The van der Waals surface area contributed by atoms with Gasteiger partial charge in [-0.25, -0.2) is 0 Å². The van der Waals surface area contributed by atoms with E-state index in [-0.39, 0.29) is 48.6 Å². The molecular formula is C17H25Cl2N3O2. The van der Waals surface area contributed by atoms with Gasteiger partial charge in [-0.3, -0.25) is 9.59 Å². The molecule has 2 N–H and O–H groups in total. The number of likely N-dealkylation sites (N-methyl/N-ethyl adjacent to an activating group) is 1. The average molecular weight is 374 g/mol. The Bertz CT molecular complexity index is 583. The first kappa shape index (κ1) is 20.7. The fourth-order valence-electron chi connectivity index (χ4n) is 3.06. The molecule has 0 saturated carbocycles. The molecule has 0 spiro atoms. The second kappa shape index (κ2) is 9.25. The molecule has 1 saturated heterocycles. The van der Waals surface area contributed by atoms with E-state index < -0.39 is 0 Å². The summed E-state index contributed by atoms with van der Waals surface area (Å²) >= 11 is 6.06. The first-order chi connectivity index (χ1) is 10.9. The zero-order valence-electron chi connectivity index (χ0n) is 14.2. The van der Waals surface area contributed by atoms with Crippen molar-refractivity contribution in [3.63, 3.8) is 0 Å². The molecule has 3 atom stereocenters. The smallest absolute Gasteiger partial charge is 0.226 e. The van der Waals surface area contributed by atoms with E-state index in [0.29, 0.717) is 11.6 Å². The van der Waals surface area contributed by atoms with Crippen molar-refractivity contribution in [1.29, 1.82) is 0 Å². The lowest BCUT2D eigenvalue weighted by atomic mass is 9.93. The molecule has 1 fully saturated rings. The number of likely N-dealkylation sites (tertiary alicyclic amines) is 1. The van der Waals surface area contributed by atoms with Gasteiger partial charge in [-0.05, 0) is 31.2 Å². The molecule has 1 aliphatic heterocycles. The SMILES string of the molecule is CCN[C@H](C)CNC(=O)C1CC(=O)N(C)C1c1cccc(Cl)c1.Cl. The van der Waals surface area contributed by atoms with Gasteiger partial charge >= 0.3 is 0 Å². The van der Waals surface area contributed by atoms with Crippen LogP contribution in [0.3, 0.4) is 0 Å². The molecular weight excluding hydrogens is 349 g/mol. The summed E-state index contributed by atoms with van der Waals surface area (Å²) in [7, 11) is 1.74. The van der Waals surface area contributed by atoms with Crippen LogP contribution in [-0.2, 0) is 9.59 Å². The second-order valence-corrected chi connectivity index (χ2v) is 6.46. The second-order valence-electron chi connectivity index (χ2n) is 6.02. The minimum atomic E-state index is -0.389. The molecule has 7 heteroatoms. The first-order valence-corrected chi connectivity index (χ1v) is 8.34. The van der Waals surface area contributed by atoms with E-state index >= 15 is 0 Å². The maximum absolute atomic E-state index is 12.6. The number of carbonyl (C=O) groups is 2. The van der Waals surface area contributed by atoms with Crippen LogP contribution in [0.15, 0.2) is 24.3 Å². The standard InChI is InChI=1S/C17H24ClN3O2.ClH/c1-4-19-11(2)10-20-17(23)14-9-15(22)21(3)16(14)12-6-5-7-13(18)8-12;/h5-8,11,14,16,19H,4,9-10H2,1-3H3,(H,20,23);1H/t11-,14?,16?;/m1./s1. The Balaban J connectivity index is 0.00000288. The largest absolute Gasteiger partial charge is 0.354 e. The Labute approximate surface area is 154 Å². The summed E-state index contributed by atoms with van der Waals surface area (Å²) in [6.07, 6.45) is 0.231. The van der Waals surface area contributed by atoms with Crippen LogP contribution in [0.25, 0.3) is 0 Å². The lowest BCUT2D eigenvalue weighted by Gasteiger charge is -2.25. The molecule has 1 aromatic rings. The number of hydrogen-bond donors (Lipinski definition) is 2. The Hall–Kier alpha value is -1.30. The van der Waals surface area contributed by atoms with E-state index in [1.165, 1.54) is 0 Å². The number of benzene rings is 1. The van der Waals surface area contributed by atoms with E-state index in [1.807, 2.05) is 32.0 Å². The van der Waals surface area contributed by atoms with Gasteiger partial charge in [0.05, 0.1) is 12.0 Å². The van der Waals surface area contributed by atoms with Gasteiger partial charge in [-0.2, -0.15) is 0 Å². The number of rotatable bonds is 6. The number of nitrogens with zero attached hydrogens (tertiary/aromatic N) is 1. The lowest BCUT2D eigenvalue weighted by Crippen LogP contribution is -2.42. The fourth-order valence-corrected chi connectivity index (χ4v) is 3.26. The van der Waals surface area contributed by atoms with E-state index in [2.05, 4.69) is 10.6 Å². The van der Waals surface area contributed by atoms with Crippen molar-refractivity contribution in [3.05, 3.63) is 34.9 Å². The normalized spacial score (nSPS) is 21.3. The number of nitrogens with one attached hydrogen (secondary N) is 2. The Kier molecular flexibility index (Phi) is 8.00. The topological polar surface area (TPSA) is 61.4 Å². The summed E-state index contributed by atoms with van der Waals surface area (Å²) in [6, 6.07) is 7.29. The van der Waals surface area contributed by atoms with Gasteiger partial charge in [-0.1, -0.05) is 30.7 Å². The van der Waals surface area contributed by atoms with Crippen molar-refractivity contribution in [2.75, 3.05) is 20.1 Å². The van der Waals surface area contributed by atoms with Gasteiger partial charge < -0.3 is 15.5 Å². The molecule has 134 valence electrons. The van der Waals surface area contributed by atoms with Crippen LogP contribution in [0, 0.1) is 5.92 Å². The van der Waals surface area contributed by atoms with Crippen LogP contribution in [0.4, 0.5) is 0 Å². The highest BCUT2D eigenvalue weighted by Crippen LogP contribution is 2.37. The molecule has 5 nitrogen and oxygen atoms in total. The molecule has 2 rings (SSSR count). The zero-order valence-corrected chi connectivity index (χ0v) is 15.8. The van der Waals surface area contributed by atoms with E-state index in [9.17, 15) is 9.59 Å². The summed E-state index contributed by atoms with van der Waals surface area (Å²) < 4.78 is 0. The Morgan fingerprint density at radius 2 is 2.17 bits per heavy atom. The predicted molar refractivity (Wildman–Crippen MR) is 98.5 cm³/mol. The highest BCUT2D eigenvalue weighted by atomic mass is 35.5. The summed E-state index contributed by atoms with van der Waals surface area (Å²) in [5.41, 5.74) is 0.894. The van der Waals surface area contributed by atoms with Gasteiger partial charge in [0.2, 0.25) is 11.8 Å². The maximum atomic E-state index is 12.6. The molecule has 0 aliphatic carbocycles. The van der Waals surface area contributed by atoms with Crippen LogP contribution in [0.2, 0.25) is 5.02 Å². The lowest BCUT2D eigenvalue weighted by molar-refractivity contribution is -0.128. The molecule has 2 unspecified atom stereocenters. The third-order valence-corrected chi connectivity index (χ3v) is 4.48. The molecule has 0 bridgehead atoms. The van der Waals surface area contributed by atoms with Crippen LogP contribution in [0.5, 0.6) is 0 Å². The Morgan fingerprint density at radius 1 is 1.46 bits per heavy atom.